The van der Waals surface area contributed by atoms with Crippen LogP contribution in [0, 0.1) is 17.6 Å². The van der Waals surface area contributed by atoms with Gasteiger partial charge < -0.3 is 10.6 Å². The zero-order valence-electron chi connectivity index (χ0n) is 10.7. The van der Waals surface area contributed by atoms with Crippen LogP contribution in [0.5, 0.6) is 0 Å². The lowest BCUT2D eigenvalue weighted by atomic mass is 9.96. The third-order valence-corrected chi connectivity index (χ3v) is 3.91. The van der Waals surface area contributed by atoms with Crippen LogP contribution in [0.25, 0.3) is 0 Å². The van der Waals surface area contributed by atoms with Crippen molar-refractivity contribution in [3.63, 3.8) is 0 Å². The van der Waals surface area contributed by atoms with E-state index in [9.17, 15) is 13.6 Å². The molecule has 0 aromatic heterocycles. The second kappa shape index (κ2) is 7.33. The summed E-state index contributed by atoms with van der Waals surface area (Å²) in [5, 5.41) is 0. The van der Waals surface area contributed by atoms with Crippen molar-refractivity contribution in [2.24, 2.45) is 11.7 Å². The molecule has 1 amide bonds. The fourth-order valence-corrected chi connectivity index (χ4v) is 2.68. The van der Waals surface area contributed by atoms with Gasteiger partial charge in [0.05, 0.1) is 0 Å². The van der Waals surface area contributed by atoms with Crippen molar-refractivity contribution < 1.29 is 13.6 Å². The zero-order chi connectivity index (χ0) is 14.0. The van der Waals surface area contributed by atoms with Crippen LogP contribution in [0.1, 0.15) is 23.2 Å². The number of nitrogens with two attached hydrogens (primary N) is 1. The summed E-state index contributed by atoms with van der Waals surface area (Å²) in [4.78, 5) is 13.6. The van der Waals surface area contributed by atoms with Crippen LogP contribution < -0.4 is 5.73 Å². The van der Waals surface area contributed by atoms with E-state index in [0.29, 0.717) is 25.6 Å². The number of amides is 1. The molecule has 3 nitrogen and oxygen atoms in total. The molecule has 1 aliphatic rings. The number of piperidine rings is 1. The van der Waals surface area contributed by atoms with Gasteiger partial charge in [-0.05, 0) is 37.4 Å². The highest BCUT2D eigenvalue weighted by Gasteiger charge is 2.27. The SMILES string of the molecule is Cl.NCC1CCN(C(=O)c2c(F)cc(Br)cc2F)CC1. The van der Waals surface area contributed by atoms with Crippen molar-refractivity contribution in [1.29, 1.82) is 0 Å². The van der Waals surface area contributed by atoms with Crippen LogP contribution in [0.15, 0.2) is 16.6 Å². The van der Waals surface area contributed by atoms with Crippen molar-refractivity contribution in [3.8, 4) is 0 Å². The molecule has 1 fully saturated rings. The molecule has 0 spiro atoms. The van der Waals surface area contributed by atoms with Gasteiger partial charge >= 0.3 is 0 Å². The fraction of sp³-hybridized carbons (Fsp3) is 0.462. The lowest BCUT2D eigenvalue weighted by molar-refractivity contribution is 0.0683. The molecule has 1 aliphatic heterocycles. The normalized spacial score (nSPS) is 15.9. The van der Waals surface area contributed by atoms with Crippen LogP contribution >= 0.6 is 28.3 Å². The molecule has 0 unspecified atom stereocenters. The first-order valence-corrected chi connectivity index (χ1v) is 6.96. The standard InChI is InChI=1S/C13H15BrF2N2O.ClH/c14-9-5-10(15)12(11(16)6-9)13(19)18-3-1-8(7-17)2-4-18;/h5-6,8H,1-4,7,17H2;1H. The third-order valence-electron chi connectivity index (χ3n) is 3.46. The Bertz CT molecular complexity index is 470. The first kappa shape index (κ1) is 17.3. The number of halogens is 4. The maximum atomic E-state index is 13.7. The number of hydrogen-bond acceptors (Lipinski definition) is 2. The summed E-state index contributed by atoms with van der Waals surface area (Å²) < 4.78 is 27.7. The van der Waals surface area contributed by atoms with Gasteiger partial charge in [0.1, 0.15) is 17.2 Å². The summed E-state index contributed by atoms with van der Waals surface area (Å²) in [7, 11) is 0. The average molecular weight is 370 g/mol. The summed E-state index contributed by atoms with van der Waals surface area (Å²) >= 11 is 2.99. The molecule has 0 saturated carbocycles. The van der Waals surface area contributed by atoms with Gasteiger partial charge in [-0.25, -0.2) is 8.78 Å². The summed E-state index contributed by atoms with van der Waals surface area (Å²) in [5.74, 6) is -1.86. The molecule has 2 rings (SSSR count). The van der Waals surface area contributed by atoms with Gasteiger partial charge in [-0.3, -0.25) is 4.79 Å². The minimum Gasteiger partial charge on any atom is -0.338 e. The summed E-state index contributed by atoms with van der Waals surface area (Å²) in [5.41, 5.74) is 5.09. The summed E-state index contributed by atoms with van der Waals surface area (Å²) in [6.07, 6.45) is 1.56. The number of benzene rings is 1. The van der Waals surface area contributed by atoms with Crippen molar-refractivity contribution in [1.82, 2.24) is 4.90 Å². The summed E-state index contributed by atoms with van der Waals surface area (Å²) in [6.45, 7) is 1.58. The largest absolute Gasteiger partial charge is 0.338 e. The molecule has 0 bridgehead atoms. The van der Waals surface area contributed by atoms with Crippen molar-refractivity contribution in [2.45, 2.75) is 12.8 Å². The monoisotopic (exact) mass is 368 g/mol. The van der Waals surface area contributed by atoms with E-state index in [4.69, 9.17) is 5.73 Å². The topological polar surface area (TPSA) is 46.3 Å². The highest BCUT2D eigenvalue weighted by molar-refractivity contribution is 9.10. The second-order valence-corrected chi connectivity index (χ2v) is 5.63. The lowest BCUT2D eigenvalue weighted by Gasteiger charge is -2.31. The quantitative estimate of drug-likeness (QED) is 0.871. The molecule has 20 heavy (non-hydrogen) atoms. The first-order chi connectivity index (χ1) is 9.02. The van der Waals surface area contributed by atoms with E-state index in [1.807, 2.05) is 0 Å². The molecule has 1 heterocycles. The van der Waals surface area contributed by atoms with Crippen LogP contribution in [-0.2, 0) is 0 Å². The number of likely N-dealkylation sites (tertiary alicyclic amines) is 1. The van der Waals surface area contributed by atoms with E-state index in [1.54, 1.807) is 0 Å². The molecule has 0 atom stereocenters. The molecular weight excluding hydrogens is 354 g/mol. The Balaban J connectivity index is 0.00000200. The van der Waals surface area contributed by atoms with Crippen LogP contribution in [0.2, 0.25) is 0 Å². The Morgan fingerprint density at radius 3 is 2.25 bits per heavy atom. The zero-order valence-corrected chi connectivity index (χ0v) is 13.1. The molecule has 1 aromatic carbocycles. The molecule has 1 saturated heterocycles. The van der Waals surface area contributed by atoms with Crippen molar-refractivity contribution >= 4 is 34.2 Å². The van der Waals surface area contributed by atoms with E-state index in [-0.39, 0.29) is 16.9 Å². The van der Waals surface area contributed by atoms with Gasteiger partial charge in [-0.1, -0.05) is 15.9 Å². The number of hydrogen-bond donors (Lipinski definition) is 1. The van der Waals surface area contributed by atoms with E-state index >= 15 is 0 Å². The Kier molecular flexibility index (Phi) is 6.36. The highest BCUT2D eigenvalue weighted by atomic mass is 79.9. The van der Waals surface area contributed by atoms with Gasteiger partial charge in [0, 0.05) is 17.6 Å². The number of nitrogens with zero attached hydrogens (tertiary/aromatic N) is 1. The Labute approximate surface area is 131 Å². The minimum atomic E-state index is -0.835. The number of carbonyl (C=O) groups is 1. The summed E-state index contributed by atoms with van der Waals surface area (Å²) in [6, 6.07) is 2.20. The molecular formula is C13H16BrClF2N2O. The van der Waals surface area contributed by atoms with Gasteiger partial charge in [-0.2, -0.15) is 0 Å². The number of rotatable bonds is 2. The lowest BCUT2D eigenvalue weighted by Crippen LogP contribution is -2.40. The van der Waals surface area contributed by atoms with Crippen molar-refractivity contribution in [3.05, 3.63) is 33.8 Å². The van der Waals surface area contributed by atoms with Crippen LogP contribution in [0.4, 0.5) is 8.78 Å². The molecule has 1 aromatic rings. The minimum absolute atomic E-state index is 0. The first-order valence-electron chi connectivity index (χ1n) is 6.16. The van der Waals surface area contributed by atoms with Gasteiger partial charge in [-0.15, -0.1) is 12.4 Å². The maximum absolute atomic E-state index is 13.7. The Morgan fingerprint density at radius 2 is 1.80 bits per heavy atom. The smallest absolute Gasteiger partial charge is 0.259 e. The van der Waals surface area contributed by atoms with Crippen LogP contribution in [0.3, 0.4) is 0 Å². The van der Waals surface area contributed by atoms with Gasteiger partial charge in [0.25, 0.3) is 5.91 Å². The highest BCUT2D eigenvalue weighted by Crippen LogP contribution is 2.23. The predicted octanol–water partition coefficient (Wildman–Crippen LogP) is 2.96. The van der Waals surface area contributed by atoms with E-state index in [0.717, 1.165) is 25.0 Å². The second-order valence-electron chi connectivity index (χ2n) is 4.72. The molecule has 0 aliphatic carbocycles. The van der Waals surface area contributed by atoms with Gasteiger partial charge in [0.2, 0.25) is 0 Å². The average Bonchev–Trinajstić information content (AvgIpc) is 2.37. The third kappa shape index (κ3) is 3.68. The van der Waals surface area contributed by atoms with Gasteiger partial charge in [0.15, 0.2) is 0 Å². The molecule has 0 radical (unpaired) electrons. The predicted molar refractivity (Wildman–Crippen MR) is 79.0 cm³/mol. The fourth-order valence-electron chi connectivity index (χ4n) is 2.28. The molecule has 112 valence electrons. The molecule has 2 N–H and O–H groups in total. The Morgan fingerprint density at radius 1 is 1.30 bits per heavy atom. The molecule has 7 heteroatoms. The van der Waals surface area contributed by atoms with Crippen LogP contribution in [-0.4, -0.2) is 30.4 Å². The van der Waals surface area contributed by atoms with E-state index in [1.165, 1.54) is 4.90 Å². The number of carbonyl (C=O) groups excluding carboxylic acids is 1. The Hall–Kier alpha value is -0.720. The maximum Gasteiger partial charge on any atom is 0.259 e. The van der Waals surface area contributed by atoms with E-state index < -0.39 is 23.1 Å². The van der Waals surface area contributed by atoms with Crippen molar-refractivity contribution in [2.75, 3.05) is 19.6 Å². The van der Waals surface area contributed by atoms with E-state index in [2.05, 4.69) is 15.9 Å².